The van der Waals surface area contributed by atoms with E-state index >= 15 is 0 Å². The number of aromatic nitrogens is 1. The van der Waals surface area contributed by atoms with Gasteiger partial charge < -0.3 is 25.2 Å². The van der Waals surface area contributed by atoms with Crippen LogP contribution in [0.3, 0.4) is 0 Å². The molecule has 0 spiro atoms. The van der Waals surface area contributed by atoms with Gasteiger partial charge in [-0.3, -0.25) is 14.6 Å². The number of fused-ring (bicyclic) bond motifs is 3. The lowest BCUT2D eigenvalue weighted by atomic mass is 9.84. The summed E-state index contributed by atoms with van der Waals surface area (Å²) in [6, 6.07) is 9.25. The first-order valence-corrected chi connectivity index (χ1v) is 12.2. The van der Waals surface area contributed by atoms with E-state index in [0.29, 0.717) is 17.7 Å². The summed E-state index contributed by atoms with van der Waals surface area (Å²) >= 11 is 0. The van der Waals surface area contributed by atoms with Gasteiger partial charge in [-0.1, -0.05) is 19.3 Å². The van der Waals surface area contributed by atoms with E-state index in [0.717, 1.165) is 37.0 Å². The van der Waals surface area contributed by atoms with Gasteiger partial charge in [0.2, 0.25) is 5.91 Å². The van der Waals surface area contributed by atoms with E-state index < -0.39 is 6.10 Å². The second kappa shape index (κ2) is 10.1. The molecule has 4 atom stereocenters. The Balaban J connectivity index is 1.27. The molecule has 0 bridgehead atoms. The Bertz CT molecular complexity index is 1020. The van der Waals surface area contributed by atoms with E-state index in [9.17, 15) is 14.7 Å². The van der Waals surface area contributed by atoms with Crippen LogP contribution in [0.2, 0.25) is 0 Å². The SMILES string of the molecule is O=C(C[C@@H]1C[C@@H]2c3cc(NC(=O)c4cccnc4)ccc3O[C@@H]2[C@H](CO)O1)NC1CCCCC1. The van der Waals surface area contributed by atoms with Crippen molar-refractivity contribution < 1.29 is 24.2 Å². The Morgan fingerprint density at radius 2 is 2.00 bits per heavy atom. The second-order valence-electron chi connectivity index (χ2n) is 9.46. The molecule has 5 rings (SSSR count). The largest absolute Gasteiger partial charge is 0.487 e. The van der Waals surface area contributed by atoms with Crippen molar-refractivity contribution in [3.8, 4) is 5.75 Å². The summed E-state index contributed by atoms with van der Waals surface area (Å²) in [4.78, 5) is 29.2. The van der Waals surface area contributed by atoms with Crippen LogP contribution in [0.4, 0.5) is 5.69 Å². The molecule has 1 aromatic heterocycles. The number of anilines is 1. The number of hydrogen-bond acceptors (Lipinski definition) is 6. The Hall–Kier alpha value is -2.97. The van der Waals surface area contributed by atoms with E-state index in [1.54, 1.807) is 24.4 Å². The maximum Gasteiger partial charge on any atom is 0.257 e. The highest BCUT2D eigenvalue weighted by atomic mass is 16.6. The number of amides is 2. The van der Waals surface area contributed by atoms with Crippen molar-refractivity contribution in [2.24, 2.45) is 0 Å². The first-order valence-electron chi connectivity index (χ1n) is 12.2. The summed E-state index contributed by atoms with van der Waals surface area (Å²) in [5, 5.41) is 16.0. The lowest BCUT2D eigenvalue weighted by molar-refractivity contribution is -0.142. The molecule has 0 unspecified atom stereocenters. The van der Waals surface area contributed by atoms with Crippen molar-refractivity contribution in [2.45, 2.75) is 75.2 Å². The predicted molar refractivity (Wildman–Crippen MR) is 126 cm³/mol. The van der Waals surface area contributed by atoms with Crippen molar-refractivity contribution in [3.63, 3.8) is 0 Å². The van der Waals surface area contributed by atoms with Gasteiger partial charge in [-0.2, -0.15) is 0 Å². The standard InChI is InChI=1S/C26H31N3O5/c30-15-23-25-21(12-19(33-23)13-24(31)28-17-6-2-1-3-7-17)20-11-18(8-9-22(20)34-25)29-26(32)16-5-4-10-27-14-16/h4-5,8-11,14,17,19,21,23,25,30H,1-3,6-7,12-13,15H2,(H,28,31)(H,29,32)/t19-,21+,23-,25-/m0/s1. The molecular formula is C26H31N3O5. The van der Waals surface area contributed by atoms with E-state index in [1.165, 1.54) is 12.6 Å². The van der Waals surface area contributed by atoms with Gasteiger partial charge >= 0.3 is 0 Å². The summed E-state index contributed by atoms with van der Waals surface area (Å²) in [7, 11) is 0. The van der Waals surface area contributed by atoms with Crippen LogP contribution >= 0.6 is 0 Å². The number of carbonyl (C=O) groups is 2. The molecule has 2 fully saturated rings. The molecule has 1 saturated carbocycles. The number of aliphatic hydroxyl groups is 1. The molecule has 3 heterocycles. The number of pyridine rings is 1. The molecule has 8 nitrogen and oxygen atoms in total. The van der Waals surface area contributed by atoms with Gasteiger partial charge in [0, 0.05) is 35.6 Å². The lowest BCUT2D eigenvalue weighted by Gasteiger charge is -2.37. The Morgan fingerprint density at radius 3 is 2.76 bits per heavy atom. The highest BCUT2D eigenvalue weighted by Gasteiger charge is 2.46. The summed E-state index contributed by atoms with van der Waals surface area (Å²) in [6.07, 6.45) is 8.54. The molecule has 2 amide bonds. The molecule has 180 valence electrons. The number of nitrogens with zero attached hydrogens (tertiary/aromatic N) is 1. The number of ether oxygens (including phenoxy) is 2. The molecule has 3 aliphatic rings. The number of aliphatic hydroxyl groups excluding tert-OH is 1. The fourth-order valence-corrected chi connectivity index (χ4v) is 5.41. The number of rotatable bonds is 6. The van der Waals surface area contributed by atoms with Crippen LogP contribution in [0.1, 0.15) is 66.8 Å². The van der Waals surface area contributed by atoms with E-state index in [-0.39, 0.29) is 49.0 Å². The topological polar surface area (TPSA) is 110 Å². The van der Waals surface area contributed by atoms with Crippen molar-refractivity contribution in [1.29, 1.82) is 0 Å². The molecule has 2 aromatic rings. The predicted octanol–water partition coefficient (Wildman–Crippen LogP) is 3.17. The molecule has 2 aliphatic heterocycles. The summed E-state index contributed by atoms with van der Waals surface area (Å²) < 4.78 is 12.2. The van der Waals surface area contributed by atoms with Crippen molar-refractivity contribution in [1.82, 2.24) is 10.3 Å². The maximum atomic E-state index is 12.7. The number of benzene rings is 1. The Labute approximate surface area is 199 Å². The van der Waals surface area contributed by atoms with Gasteiger partial charge in [-0.25, -0.2) is 0 Å². The van der Waals surface area contributed by atoms with E-state index in [4.69, 9.17) is 9.47 Å². The third-order valence-electron chi connectivity index (χ3n) is 7.06. The van der Waals surface area contributed by atoms with Crippen LogP contribution in [-0.2, 0) is 9.53 Å². The van der Waals surface area contributed by atoms with E-state index in [2.05, 4.69) is 15.6 Å². The lowest BCUT2D eigenvalue weighted by Crippen LogP contribution is -2.48. The van der Waals surface area contributed by atoms with Crippen LogP contribution in [0.25, 0.3) is 0 Å². The van der Waals surface area contributed by atoms with Crippen LogP contribution in [0.15, 0.2) is 42.7 Å². The zero-order valence-electron chi connectivity index (χ0n) is 19.1. The quantitative estimate of drug-likeness (QED) is 0.605. The molecule has 1 aliphatic carbocycles. The molecule has 34 heavy (non-hydrogen) atoms. The zero-order chi connectivity index (χ0) is 23.5. The van der Waals surface area contributed by atoms with Gasteiger partial charge in [0.15, 0.2) is 0 Å². The third kappa shape index (κ3) is 4.93. The normalized spacial score (nSPS) is 26.1. The molecule has 1 saturated heterocycles. The van der Waals surface area contributed by atoms with Crippen LogP contribution < -0.4 is 15.4 Å². The fraction of sp³-hybridized carbons (Fsp3) is 0.500. The smallest absolute Gasteiger partial charge is 0.257 e. The first kappa shape index (κ1) is 22.8. The van der Waals surface area contributed by atoms with Gasteiger partial charge in [0.1, 0.15) is 18.0 Å². The monoisotopic (exact) mass is 465 g/mol. The van der Waals surface area contributed by atoms with Crippen molar-refractivity contribution >= 4 is 17.5 Å². The zero-order valence-corrected chi connectivity index (χ0v) is 19.1. The van der Waals surface area contributed by atoms with Gasteiger partial charge in [0.05, 0.1) is 24.7 Å². The molecule has 3 N–H and O–H groups in total. The van der Waals surface area contributed by atoms with Crippen molar-refractivity contribution in [3.05, 3.63) is 53.9 Å². The summed E-state index contributed by atoms with van der Waals surface area (Å²) in [5.41, 5.74) is 2.11. The fourth-order valence-electron chi connectivity index (χ4n) is 5.41. The number of nitrogens with one attached hydrogen (secondary N) is 2. The minimum atomic E-state index is -0.507. The molecule has 1 aromatic carbocycles. The average Bonchev–Trinajstić information content (AvgIpc) is 3.22. The third-order valence-corrected chi connectivity index (χ3v) is 7.06. The molecule has 8 heteroatoms. The summed E-state index contributed by atoms with van der Waals surface area (Å²) in [6.45, 7) is -0.180. The second-order valence-corrected chi connectivity index (χ2v) is 9.46. The molecular weight excluding hydrogens is 434 g/mol. The Kier molecular flexibility index (Phi) is 6.78. The highest BCUT2D eigenvalue weighted by Crippen LogP contribution is 2.47. The summed E-state index contributed by atoms with van der Waals surface area (Å²) in [5.74, 6) is 0.469. The molecule has 0 radical (unpaired) electrons. The minimum Gasteiger partial charge on any atom is -0.487 e. The van der Waals surface area contributed by atoms with Gasteiger partial charge in [-0.05, 0) is 49.6 Å². The van der Waals surface area contributed by atoms with Crippen molar-refractivity contribution in [2.75, 3.05) is 11.9 Å². The highest BCUT2D eigenvalue weighted by molar-refractivity contribution is 6.04. The Morgan fingerprint density at radius 1 is 1.15 bits per heavy atom. The van der Waals surface area contributed by atoms with Crippen LogP contribution in [0.5, 0.6) is 5.75 Å². The number of carbonyl (C=O) groups excluding carboxylic acids is 2. The van der Waals surface area contributed by atoms with Crippen LogP contribution in [0, 0.1) is 0 Å². The van der Waals surface area contributed by atoms with E-state index in [1.807, 2.05) is 12.1 Å². The minimum absolute atomic E-state index is 0.00339. The van der Waals surface area contributed by atoms with Gasteiger partial charge in [-0.15, -0.1) is 0 Å². The van der Waals surface area contributed by atoms with Crippen LogP contribution in [-0.4, -0.2) is 52.9 Å². The number of hydrogen-bond donors (Lipinski definition) is 3. The van der Waals surface area contributed by atoms with Gasteiger partial charge in [0.25, 0.3) is 5.91 Å². The average molecular weight is 466 g/mol. The maximum absolute atomic E-state index is 12.7. The first-order chi connectivity index (χ1) is 16.6.